The molecule has 0 aliphatic carbocycles. The molecule has 1 saturated heterocycles. The predicted octanol–water partition coefficient (Wildman–Crippen LogP) is 0.764. The molecule has 1 aromatic carbocycles. The first-order valence-electron chi connectivity index (χ1n) is 5.68. The molecule has 1 heterocycles. The summed E-state index contributed by atoms with van der Waals surface area (Å²) in [6.45, 7) is 1.52. The summed E-state index contributed by atoms with van der Waals surface area (Å²) in [4.78, 5) is 13.6. The topological polar surface area (TPSA) is 55.6 Å². The van der Waals surface area contributed by atoms with Crippen molar-refractivity contribution in [1.82, 2.24) is 4.90 Å². The van der Waals surface area contributed by atoms with E-state index in [1.54, 1.807) is 0 Å². The molecular weight excluding hydrogens is 242 g/mol. The maximum absolute atomic E-state index is 13.1. The zero-order chi connectivity index (χ0) is 13.1. The third-order valence-electron chi connectivity index (χ3n) is 2.86. The van der Waals surface area contributed by atoms with Gasteiger partial charge >= 0.3 is 0 Å². The van der Waals surface area contributed by atoms with Crippen LogP contribution in [0.4, 0.5) is 8.78 Å². The Kier molecular flexibility index (Phi) is 3.88. The second-order valence-electron chi connectivity index (χ2n) is 4.11. The van der Waals surface area contributed by atoms with E-state index < -0.39 is 11.6 Å². The quantitative estimate of drug-likeness (QED) is 0.850. The van der Waals surface area contributed by atoms with Crippen LogP contribution in [0.15, 0.2) is 18.2 Å². The molecule has 0 saturated carbocycles. The zero-order valence-corrected chi connectivity index (χ0v) is 9.73. The Morgan fingerprint density at radius 1 is 1.44 bits per heavy atom. The summed E-state index contributed by atoms with van der Waals surface area (Å²) in [5, 5.41) is 0. The first-order chi connectivity index (χ1) is 8.61. The van der Waals surface area contributed by atoms with E-state index in [0.29, 0.717) is 26.2 Å². The standard InChI is InChI=1S/C12H14F2N2O2/c13-10-2-1-8(5-11(10)14)12(17)16-3-4-18-9(6-15)7-16/h1-2,5,9H,3-4,6-7,15H2. The van der Waals surface area contributed by atoms with Gasteiger partial charge < -0.3 is 15.4 Å². The molecule has 0 aromatic heterocycles. The molecule has 4 nitrogen and oxygen atoms in total. The van der Waals surface area contributed by atoms with Gasteiger partial charge in [0.1, 0.15) is 0 Å². The smallest absolute Gasteiger partial charge is 0.254 e. The van der Waals surface area contributed by atoms with Gasteiger partial charge in [0.05, 0.1) is 12.7 Å². The van der Waals surface area contributed by atoms with E-state index in [9.17, 15) is 13.6 Å². The number of hydrogen-bond donors (Lipinski definition) is 1. The van der Waals surface area contributed by atoms with Crippen molar-refractivity contribution in [3.05, 3.63) is 35.4 Å². The van der Waals surface area contributed by atoms with Gasteiger partial charge in [-0.1, -0.05) is 0 Å². The minimum Gasteiger partial charge on any atom is -0.373 e. The van der Waals surface area contributed by atoms with E-state index in [1.807, 2.05) is 0 Å². The molecule has 1 atom stereocenters. The monoisotopic (exact) mass is 256 g/mol. The number of ether oxygens (including phenoxy) is 1. The van der Waals surface area contributed by atoms with Crippen LogP contribution in [-0.2, 0) is 4.74 Å². The van der Waals surface area contributed by atoms with Crippen molar-refractivity contribution in [3.8, 4) is 0 Å². The molecule has 0 radical (unpaired) electrons. The summed E-state index contributed by atoms with van der Waals surface area (Å²) < 4.78 is 31.2. The number of rotatable bonds is 2. The first-order valence-corrected chi connectivity index (χ1v) is 5.68. The highest BCUT2D eigenvalue weighted by Crippen LogP contribution is 2.13. The van der Waals surface area contributed by atoms with Crippen molar-refractivity contribution >= 4 is 5.91 Å². The van der Waals surface area contributed by atoms with E-state index >= 15 is 0 Å². The fraction of sp³-hybridized carbons (Fsp3) is 0.417. The largest absolute Gasteiger partial charge is 0.373 e. The van der Waals surface area contributed by atoms with Gasteiger partial charge in [-0.25, -0.2) is 8.78 Å². The molecule has 2 N–H and O–H groups in total. The fourth-order valence-corrected chi connectivity index (χ4v) is 1.86. The van der Waals surface area contributed by atoms with Gasteiger partial charge in [0.15, 0.2) is 11.6 Å². The second-order valence-corrected chi connectivity index (χ2v) is 4.11. The lowest BCUT2D eigenvalue weighted by atomic mass is 10.1. The summed E-state index contributed by atoms with van der Waals surface area (Å²) in [5.74, 6) is -2.33. The maximum atomic E-state index is 13.1. The van der Waals surface area contributed by atoms with Crippen molar-refractivity contribution in [1.29, 1.82) is 0 Å². The highest BCUT2D eigenvalue weighted by atomic mass is 19.2. The van der Waals surface area contributed by atoms with Gasteiger partial charge in [0, 0.05) is 25.2 Å². The molecule has 1 amide bonds. The van der Waals surface area contributed by atoms with Gasteiger partial charge in [0.25, 0.3) is 5.91 Å². The van der Waals surface area contributed by atoms with E-state index in [0.717, 1.165) is 12.1 Å². The van der Waals surface area contributed by atoms with Gasteiger partial charge in [-0.3, -0.25) is 4.79 Å². The lowest BCUT2D eigenvalue weighted by Gasteiger charge is -2.32. The van der Waals surface area contributed by atoms with Crippen LogP contribution in [0.3, 0.4) is 0 Å². The Balaban J connectivity index is 2.12. The molecule has 1 aliphatic rings. The summed E-state index contributed by atoms with van der Waals surface area (Å²) in [5.41, 5.74) is 5.61. The number of hydrogen-bond acceptors (Lipinski definition) is 3. The number of nitrogens with zero attached hydrogens (tertiary/aromatic N) is 1. The molecule has 6 heteroatoms. The molecule has 1 aliphatic heterocycles. The Hall–Kier alpha value is -1.53. The van der Waals surface area contributed by atoms with Crippen LogP contribution in [0.25, 0.3) is 0 Å². The van der Waals surface area contributed by atoms with Crippen molar-refractivity contribution in [3.63, 3.8) is 0 Å². The molecule has 2 rings (SSSR count). The number of nitrogens with two attached hydrogens (primary N) is 1. The summed E-state index contributed by atoms with van der Waals surface area (Å²) in [6.07, 6.45) is -0.201. The summed E-state index contributed by atoms with van der Waals surface area (Å²) >= 11 is 0. The zero-order valence-electron chi connectivity index (χ0n) is 9.73. The fourth-order valence-electron chi connectivity index (χ4n) is 1.86. The van der Waals surface area contributed by atoms with Gasteiger partial charge in [0.2, 0.25) is 0 Å². The lowest BCUT2D eigenvalue weighted by Crippen LogP contribution is -2.48. The second kappa shape index (κ2) is 5.41. The molecule has 1 aromatic rings. The highest BCUT2D eigenvalue weighted by molar-refractivity contribution is 5.94. The molecule has 1 fully saturated rings. The predicted molar refractivity (Wildman–Crippen MR) is 61.1 cm³/mol. The lowest BCUT2D eigenvalue weighted by molar-refractivity contribution is -0.0167. The third-order valence-corrected chi connectivity index (χ3v) is 2.86. The van der Waals surface area contributed by atoms with E-state index in [4.69, 9.17) is 10.5 Å². The Labute approximate surface area is 103 Å². The van der Waals surface area contributed by atoms with Crippen molar-refractivity contribution in [2.24, 2.45) is 5.73 Å². The first kappa shape index (κ1) is 12.9. The molecular formula is C12H14F2N2O2. The average molecular weight is 256 g/mol. The van der Waals surface area contributed by atoms with Crippen LogP contribution >= 0.6 is 0 Å². The van der Waals surface area contributed by atoms with E-state index in [1.165, 1.54) is 11.0 Å². The minimum atomic E-state index is -1.02. The van der Waals surface area contributed by atoms with Crippen LogP contribution < -0.4 is 5.73 Å². The summed E-state index contributed by atoms with van der Waals surface area (Å²) in [7, 11) is 0. The number of carbonyl (C=O) groups excluding carboxylic acids is 1. The average Bonchev–Trinajstić information content (AvgIpc) is 2.41. The third kappa shape index (κ3) is 2.65. The Morgan fingerprint density at radius 2 is 2.22 bits per heavy atom. The number of carbonyl (C=O) groups is 1. The van der Waals surface area contributed by atoms with Crippen molar-refractivity contribution in [2.75, 3.05) is 26.2 Å². The van der Waals surface area contributed by atoms with Crippen LogP contribution in [0.2, 0.25) is 0 Å². The number of benzene rings is 1. The molecule has 18 heavy (non-hydrogen) atoms. The maximum Gasteiger partial charge on any atom is 0.254 e. The normalized spacial score (nSPS) is 19.9. The highest BCUT2D eigenvalue weighted by Gasteiger charge is 2.24. The van der Waals surface area contributed by atoms with Gasteiger partial charge in [-0.05, 0) is 18.2 Å². The van der Waals surface area contributed by atoms with Gasteiger partial charge in [-0.2, -0.15) is 0 Å². The molecule has 98 valence electrons. The number of amides is 1. The van der Waals surface area contributed by atoms with Crippen LogP contribution in [0, 0.1) is 11.6 Å². The van der Waals surface area contributed by atoms with Crippen molar-refractivity contribution in [2.45, 2.75) is 6.10 Å². The van der Waals surface area contributed by atoms with Crippen LogP contribution in [0.1, 0.15) is 10.4 Å². The Bertz CT molecular complexity index is 454. The SMILES string of the molecule is NCC1CN(C(=O)c2ccc(F)c(F)c2)CCO1. The number of halogens is 2. The van der Waals surface area contributed by atoms with Crippen LogP contribution in [-0.4, -0.2) is 43.2 Å². The van der Waals surface area contributed by atoms with Crippen LogP contribution in [0.5, 0.6) is 0 Å². The number of morpholine rings is 1. The Morgan fingerprint density at radius 3 is 2.89 bits per heavy atom. The van der Waals surface area contributed by atoms with Crippen molar-refractivity contribution < 1.29 is 18.3 Å². The molecule has 1 unspecified atom stereocenters. The molecule has 0 spiro atoms. The minimum absolute atomic E-state index is 0.131. The molecule has 0 bridgehead atoms. The van der Waals surface area contributed by atoms with E-state index in [-0.39, 0.29) is 17.6 Å². The van der Waals surface area contributed by atoms with Gasteiger partial charge in [-0.15, -0.1) is 0 Å². The summed E-state index contributed by atoms with van der Waals surface area (Å²) in [6, 6.07) is 3.13. The van der Waals surface area contributed by atoms with E-state index in [2.05, 4.69) is 0 Å².